The molecular weight excluding hydrogens is 403 g/mol. The minimum Gasteiger partial charge on any atom is -0.300 e. The lowest BCUT2D eigenvalue weighted by Crippen LogP contribution is -2.42. The molecule has 142 valence electrons. The van der Waals surface area contributed by atoms with E-state index in [9.17, 15) is 26.4 Å². The maximum absolute atomic E-state index is 13.3. The van der Waals surface area contributed by atoms with Gasteiger partial charge in [0.1, 0.15) is 0 Å². The Morgan fingerprint density at radius 3 is 2.26 bits per heavy atom. The summed E-state index contributed by atoms with van der Waals surface area (Å²) in [7, 11) is -3.53. The molecule has 1 heterocycles. The largest absolute Gasteiger partial charge is 0.417 e. The molecule has 4 nitrogen and oxygen atoms in total. The van der Waals surface area contributed by atoms with Crippen molar-refractivity contribution in [1.82, 2.24) is 0 Å². The van der Waals surface area contributed by atoms with Gasteiger partial charge < -0.3 is 4.90 Å². The van der Waals surface area contributed by atoms with Crippen molar-refractivity contribution < 1.29 is 26.4 Å². The summed E-state index contributed by atoms with van der Waals surface area (Å²) >= 11 is 5.84. The SMILES string of the molecule is O=C(c1ccccc1C(F)(F)F)N(c1ccc(Cl)cc1)C1C=CS(=O)(=O)C1. The van der Waals surface area contributed by atoms with Crippen LogP contribution in [0.15, 0.2) is 60.0 Å². The minimum atomic E-state index is -4.73. The summed E-state index contributed by atoms with van der Waals surface area (Å²) in [5.41, 5.74) is -1.40. The van der Waals surface area contributed by atoms with E-state index < -0.39 is 44.8 Å². The van der Waals surface area contributed by atoms with E-state index in [2.05, 4.69) is 0 Å². The highest BCUT2D eigenvalue weighted by molar-refractivity contribution is 7.94. The van der Waals surface area contributed by atoms with Gasteiger partial charge in [0.2, 0.25) is 0 Å². The lowest BCUT2D eigenvalue weighted by atomic mass is 10.0. The summed E-state index contributed by atoms with van der Waals surface area (Å²) < 4.78 is 63.6. The highest BCUT2D eigenvalue weighted by Crippen LogP contribution is 2.34. The Kier molecular flexibility index (Phi) is 5.05. The monoisotopic (exact) mass is 415 g/mol. The molecule has 0 saturated heterocycles. The van der Waals surface area contributed by atoms with Gasteiger partial charge in [0.05, 0.1) is 22.9 Å². The van der Waals surface area contributed by atoms with Crippen molar-refractivity contribution in [3.05, 3.63) is 76.2 Å². The van der Waals surface area contributed by atoms with Crippen LogP contribution in [0.2, 0.25) is 5.02 Å². The van der Waals surface area contributed by atoms with Crippen molar-refractivity contribution in [2.45, 2.75) is 12.2 Å². The number of rotatable bonds is 3. The summed E-state index contributed by atoms with van der Waals surface area (Å²) in [6, 6.07) is 9.32. The van der Waals surface area contributed by atoms with Gasteiger partial charge in [0.25, 0.3) is 5.91 Å². The standard InChI is InChI=1S/C18H13ClF3NO3S/c19-12-5-7-13(8-6-12)23(14-9-10-27(25,26)11-14)17(24)15-3-1-2-4-16(15)18(20,21)22/h1-10,14H,11H2. The topological polar surface area (TPSA) is 54.5 Å². The number of hydrogen-bond acceptors (Lipinski definition) is 3. The van der Waals surface area contributed by atoms with Gasteiger partial charge in [-0.25, -0.2) is 8.42 Å². The molecule has 0 aliphatic carbocycles. The van der Waals surface area contributed by atoms with Gasteiger partial charge >= 0.3 is 6.18 Å². The molecular formula is C18H13ClF3NO3S. The number of halogens is 4. The second-order valence-corrected chi connectivity index (χ2v) is 8.29. The first-order valence-electron chi connectivity index (χ1n) is 7.75. The number of alkyl halides is 3. The number of benzene rings is 2. The van der Waals surface area contributed by atoms with Gasteiger partial charge in [0, 0.05) is 16.1 Å². The van der Waals surface area contributed by atoms with Crippen molar-refractivity contribution in [1.29, 1.82) is 0 Å². The molecule has 1 unspecified atom stereocenters. The number of anilines is 1. The van der Waals surface area contributed by atoms with Crippen molar-refractivity contribution >= 4 is 33.0 Å². The molecule has 0 spiro atoms. The van der Waals surface area contributed by atoms with E-state index in [0.717, 1.165) is 22.4 Å². The quantitative estimate of drug-likeness (QED) is 0.750. The Bertz CT molecular complexity index is 1000. The van der Waals surface area contributed by atoms with Crippen molar-refractivity contribution in [3.8, 4) is 0 Å². The van der Waals surface area contributed by atoms with Gasteiger partial charge in [-0.15, -0.1) is 0 Å². The Morgan fingerprint density at radius 1 is 1.07 bits per heavy atom. The normalized spacial score (nSPS) is 18.4. The number of nitrogens with zero attached hydrogens (tertiary/aromatic N) is 1. The fraction of sp³-hybridized carbons (Fsp3) is 0.167. The van der Waals surface area contributed by atoms with Crippen LogP contribution in [-0.2, 0) is 16.0 Å². The first kappa shape index (κ1) is 19.4. The highest BCUT2D eigenvalue weighted by atomic mass is 35.5. The predicted octanol–water partition coefficient (Wildman–Crippen LogP) is 4.32. The van der Waals surface area contributed by atoms with E-state index in [1.807, 2.05) is 0 Å². The minimum absolute atomic E-state index is 0.244. The van der Waals surface area contributed by atoms with Crippen LogP contribution < -0.4 is 4.90 Å². The lowest BCUT2D eigenvalue weighted by molar-refractivity contribution is -0.137. The molecule has 0 fully saturated rings. The lowest BCUT2D eigenvalue weighted by Gasteiger charge is -2.29. The predicted molar refractivity (Wildman–Crippen MR) is 96.4 cm³/mol. The molecule has 1 aliphatic heterocycles. The number of sulfone groups is 1. The van der Waals surface area contributed by atoms with Gasteiger partial charge in [-0.2, -0.15) is 13.2 Å². The Morgan fingerprint density at radius 2 is 1.70 bits per heavy atom. The summed E-state index contributed by atoms with van der Waals surface area (Å²) in [4.78, 5) is 14.1. The number of hydrogen-bond donors (Lipinski definition) is 0. The molecule has 2 aromatic carbocycles. The van der Waals surface area contributed by atoms with Crippen molar-refractivity contribution in [3.63, 3.8) is 0 Å². The van der Waals surface area contributed by atoms with Crippen LogP contribution in [0.5, 0.6) is 0 Å². The summed E-state index contributed by atoms with van der Waals surface area (Å²) in [5, 5.41) is 1.33. The third kappa shape index (κ3) is 4.17. The molecule has 3 rings (SSSR count). The third-order valence-electron chi connectivity index (χ3n) is 4.03. The van der Waals surface area contributed by atoms with Crippen LogP contribution in [0.4, 0.5) is 18.9 Å². The second-order valence-electron chi connectivity index (χ2n) is 5.92. The Balaban J connectivity index is 2.10. The smallest absolute Gasteiger partial charge is 0.300 e. The number of amides is 1. The van der Waals surface area contributed by atoms with E-state index in [-0.39, 0.29) is 5.69 Å². The average Bonchev–Trinajstić information content (AvgIpc) is 2.95. The third-order valence-corrected chi connectivity index (χ3v) is 5.66. The Hall–Kier alpha value is -2.32. The molecule has 1 atom stereocenters. The summed E-state index contributed by atoms with van der Waals surface area (Å²) in [5.74, 6) is -1.35. The first-order valence-corrected chi connectivity index (χ1v) is 9.84. The van der Waals surface area contributed by atoms with Crippen LogP contribution in [0.3, 0.4) is 0 Å². The maximum Gasteiger partial charge on any atom is 0.417 e. The van der Waals surface area contributed by atoms with Crippen molar-refractivity contribution in [2.75, 3.05) is 10.7 Å². The molecule has 0 saturated carbocycles. The second kappa shape index (κ2) is 7.01. The van der Waals surface area contributed by atoms with Gasteiger partial charge in [0.15, 0.2) is 9.84 Å². The fourth-order valence-electron chi connectivity index (χ4n) is 2.83. The van der Waals surface area contributed by atoms with Crippen LogP contribution >= 0.6 is 11.6 Å². The molecule has 0 bridgehead atoms. The van der Waals surface area contributed by atoms with E-state index in [1.165, 1.54) is 42.5 Å². The van der Waals surface area contributed by atoms with Crippen LogP contribution in [-0.4, -0.2) is 26.1 Å². The average molecular weight is 416 g/mol. The summed E-state index contributed by atoms with van der Waals surface area (Å²) in [6.45, 7) is 0. The zero-order valence-corrected chi connectivity index (χ0v) is 15.2. The molecule has 9 heteroatoms. The number of carbonyl (C=O) groups is 1. The van der Waals surface area contributed by atoms with E-state index in [1.54, 1.807) is 0 Å². The zero-order valence-electron chi connectivity index (χ0n) is 13.7. The van der Waals surface area contributed by atoms with Gasteiger partial charge in [-0.05, 0) is 42.5 Å². The van der Waals surface area contributed by atoms with Gasteiger partial charge in [-0.3, -0.25) is 4.79 Å². The molecule has 1 amide bonds. The molecule has 2 aromatic rings. The molecule has 0 N–H and O–H groups in total. The molecule has 0 radical (unpaired) electrons. The zero-order chi connectivity index (χ0) is 19.8. The molecule has 27 heavy (non-hydrogen) atoms. The van der Waals surface area contributed by atoms with Gasteiger partial charge in [-0.1, -0.05) is 23.7 Å². The van der Waals surface area contributed by atoms with E-state index in [4.69, 9.17) is 11.6 Å². The highest BCUT2D eigenvalue weighted by Gasteiger charge is 2.38. The maximum atomic E-state index is 13.3. The Labute approximate surface area is 158 Å². The van der Waals surface area contributed by atoms with Crippen LogP contribution in [0.25, 0.3) is 0 Å². The summed E-state index contributed by atoms with van der Waals surface area (Å²) in [6.07, 6.45) is -3.44. The fourth-order valence-corrected chi connectivity index (χ4v) is 4.22. The van der Waals surface area contributed by atoms with E-state index in [0.29, 0.717) is 5.02 Å². The van der Waals surface area contributed by atoms with E-state index >= 15 is 0 Å². The molecule has 0 aromatic heterocycles. The number of carbonyl (C=O) groups excluding carboxylic acids is 1. The molecule has 1 aliphatic rings. The van der Waals surface area contributed by atoms with Crippen molar-refractivity contribution in [2.24, 2.45) is 0 Å². The van der Waals surface area contributed by atoms with Crippen LogP contribution in [0.1, 0.15) is 15.9 Å². The first-order chi connectivity index (χ1) is 12.6. The van der Waals surface area contributed by atoms with Crippen LogP contribution in [0, 0.1) is 0 Å².